The summed E-state index contributed by atoms with van der Waals surface area (Å²) in [5, 5.41) is 0. The van der Waals surface area contributed by atoms with Crippen molar-refractivity contribution in [1.82, 2.24) is 4.31 Å². The van der Waals surface area contributed by atoms with Gasteiger partial charge in [0.15, 0.2) is 12.4 Å². The predicted molar refractivity (Wildman–Crippen MR) is 122 cm³/mol. The summed E-state index contributed by atoms with van der Waals surface area (Å²) in [7, 11) is -2.30. The maximum absolute atomic E-state index is 13.2. The van der Waals surface area contributed by atoms with Crippen LogP contribution >= 0.6 is 0 Å². The molecule has 0 atom stereocenters. The smallest absolute Gasteiger partial charge is 0.338 e. The number of ketones is 1. The molecule has 0 unspecified atom stereocenters. The van der Waals surface area contributed by atoms with Crippen LogP contribution in [0.15, 0.2) is 77.7 Å². The molecular weight excluding hydrogens is 442 g/mol. The molecule has 0 saturated carbocycles. The highest BCUT2D eigenvalue weighted by molar-refractivity contribution is 7.89. The Morgan fingerprint density at radius 2 is 1.64 bits per heavy atom. The van der Waals surface area contributed by atoms with E-state index in [4.69, 9.17) is 9.47 Å². The zero-order chi connectivity index (χ0) is 23.4. The lowest BCUT2D eigenvalue weighted by Crippen LogP contribution is -2.36. The van der Waals surface area contributed by atoms with Gasteiger partial charge in [-0.25, -0.2) is 13.2 Å². The van der Waals surface area contributed by atoms with Crippen LogP contribution in [0.1, 0.15) is 31.8 Å². The summed E-state index contributed by atoms with van der Waals surface area (Å²) in [5.41, 5.74) is 2.52. The summed E-state index contributed by atoms with van der Waals surface area (Å²) in [5.74, 6) is -0.643. The van der Waals surface area contributed by atoms with E-state index in [1.54, 1.807) is 24.3 Å². The molecule has 0 bridgehead atoms. The maximum atomic E-state index is 13.2. The van der Waals surface area contributed by atoms with E-state index in [2.05, 4.69) is 0 Å². The average Bonchev–Trinajstić information content (AvgIpc) is 2.86. The zero-order valence-electron chi connectivity index (χ0n) is 18.1. The molecule has 0 fully saturated rings. The molecule has 3 aromatic rings. The monoisotopic (exact) mass is 465 g/mol. The number of hydrogen-bond donors (Lipinski definition) is 0. The van der Waals surface area contributed by atoms with Gasteiger partial charge < -0.3 is 9.47 Å². The predicted octanol–water partition coefficient (Wildman–Crippen LogP) is 3.48. The number of hydrogen-bond acceptors (Lipinski definition) is 6. The molecule has 0 saturated heterocycles. The lowest BCUT2D eigenvalue weighted by molar-refractivity contribution is 0.0474. The van der Waals surface area contributed by atoms with Crippen LogP contribution in [0.5, 0.6) is 5.75 Å². The van der Waals surface area contributed by atoms with E-state index in [1.807, 2.05) is 24.3 Å². The van der Waals surface area contributed by atoms with Crippen molar-refractivity contribution in [3.63, 3.8) is 0 Å². The molecule has 170 valence electrons. The van der Waals surface area contributed by atoms with Crippen molar-refractivity contribution in [1.29, 1.82) is 0 Å². The van der Waals surface area contributed by atoms with Gasteiger partial charge in [0.1, 0.15) is 5.75 Å². The van der Waals surface area contributed by atoms with E-state index in [-0.39, 0.29) is 17.0 Å². The molecule has 1 aliphatic rings. The topological polar surface area (TPSA) is 90.0 Å². The summed E-state index contributed by atoms with van der Waals surface area (Å²) < 4.78 is 38.0. The minimum Gasteiger partial charge on any atom is -0.497 e. The second kappa shape index (κ2) is 9.56. The van der Waals surface area contributed by atoms with E-state index in [1.165, 1.54) is 35.7 Å². The van der Waals surface area contributed by atoms with Crippen LogP contribution in [0, 0.1) is 0 Å². The number of Topliss-reactive ketones (excluding diaryl/α,β-unsaturated/α-hetero) is 1. The third-order valence-corrected chi connectivity index (χ3v) is 7.37. The largest absolute Gasteiger partial charge is 0.497 e. The first-order chi connectivity index (χ1) is 15.9. The Hall–Kier alpha value is -3.49. The third kappa shape index (κ3) is 4.97. The molecule has 33 heavy (non-hydrogen) atoms. The fourth-order valence-corrected chi connectivity index (χ4v) is 5.17. The second-order valence-corrected chi connectivity index (χ2v) is 9.55. The highest BCUT2D eigenvalue weighted by Crippen LogP contribution is 2.25. The number of nitrogens with zero attached hydrogens (tertiary/aromatic N) is 1. The van der Waals surface area contributed by atoms with Gasteiger partial charge in [-0.1, -0.05) is 42.5 Å². The van der Waals surface area contributed by atoms with Gasteiger partial charge in [0.05, 0.1) is 17.6 Å². The van der Waals surface area contributed by atoms with Gasteiger partial charge in [-0.05, 0) is 47.9 Å². The van der Waals surface area contributed by atoms with Crippen molar-refractivity contribution < 1.29 is 27.5 Å². The Bertz CT molecular complexity index is 1300. The molecule has 4 rings (SSSR count). The van der Waals surface area contributed by atoms with Gasteiger partial charge in [-0.15, -0.1) is 0 Å². The van der Waals surface area contributed by atoms with Gasteiger partial charge in [0.2, 0.25) is 10.0 Å². The van der Waals surface area contributed by atoms with Crippen molar-refractivity contribution in [3.8, 4) is 5.75 Å². The van der Waals surface area contributed by atoms with E-state index >= 15 is 0 Å². The zero-order valence-corrected chi connectivity index (χ0v) is 18.9. The fourth-order valence-electron chi connectivity index (χ4n) is 3.70. The summed E-state index contributed by atoms with van der Waals surface area (Å²) in [6.45, 7) is 0.178. The molecule has 0 spiro atoms. The van der Waals surface area contributed by atoms with E-state index < -0.39 is 28.4 Å². The van der Waals surface area contributed by atoms with E-state index in [9.17, 15) is 18.0 Å². The van der Waals surface area contributed by atoms with E-state index in [0.29, 0.717) is 24.3 Å². The SMILES string of the molecule is COc1cccc(C(=O)COC(=O)c2cccc(S(=O)(=O)N3CCc4ccccc4C3)c2)c1. The number of methoxy groups -OCH3 is 1. The van der Waals surface area contributed by atoms with Gasteiger partial charge in [-0.3, -0.25) is 4.79 Å². The van der Waals surface area contributed by atoms with Crippen molar-refractivity contribution in [2.75, 3.05) is 20.3 Å². The standard InChI is InChI=1S/C25H23NO6S/c1-31-22-10-4-8-19(14-22)24(27)17-32-25(28)20-9-5-11-23(15-20)33(29,30)26-13-12-18-6-2-3-7-21(18)16-26/h2-11,14-15H,12-13,16-17H2,1H3. The molecule has 0 aromatic heterocycles. The number of sulfonamides is 1. The Kier molecular flexibility index (Phi) is 6.57. The highest BCUT2D eigenvalue weighted by Gasteiger charge is 2.29. The Labute approximate surface area is 192 Å². The molecule has 0 N–H and O–H groups in total. The Morgan fingerprint density at radius 1 is 0.909 bits per heavy atom. The fraction of sp³-hybridized carbons (Fsp3) is 0.200. The molecule has 1 heterocycles. The van der Waals surface area contributed by atoms with Crippen molar-refractivity contribution in [2.45, 2.75) is 17.9 Å². The molecule has 0 amide bonds. The van der Waals surface area contributed by atoms with Crippen molar-refractivity contribution in [3.05, 3.63) is 95.1 Å². The number of benzene rings is 3. The van der Waals surface area contributed by atoms with E-state index in [0.717, 1.165) is 11.1 Å². The number of fused-ring (bicyclic) bond motifs is 1. The van der Waals surface area contributed by atoms with Gasteiger partial charge in [0, 0.05) is 18.7 Å². The average molecular weight is 466 g/mol. The van der Waals surface area contributed by atoms with Crippen molar-refractivity contribution >= 4 is 21.8 Å². The highest BCUT2D eigenvalue weighted by atomic mass is 32.2. The molecule has 0 aliphatic carbocycles. The lowest BCUT2D eigenvalue weighted by atomic mass is 10.0. The third-order valence-electron chi connectivity index (χ3n) is 5.53. The molecule has 0 radical (unpaired) electrons. The number of carbonyl (C=O) groups excluding carboxylic acids is 2. The van der Waals surface area contributed by atoms with Crippen LogP contribution in [0.25, 0.3) is 0 Å². The summed E-state index contributed by atoms with van der Waals surface area (Å²) in [4.78, 5) is 24.9. The number of carbonyl (C=O) groups is 2. The van der Waals surface area contributed by atoms with Crippen LogP contribution in [-0.2, 0) is 27.7 Å². The molecular formula is C25H23NO6S. The van der Waals surface area contributed by atoms with Crippen LogP contribution in [0.2, 0.25) is 0 Å². The summed E-state index contributed by atoms with van der Waals surface area (Å²) >= 11 is 0. The molecule has 3 aromatic carbocycles. The first-order valence-electron chi connectivity index (χ1n) is 10.4. The first kappa shape index (κ1) is 22.7. The van der Waals surface area contributed by atoms with Gasteiger partial charge >= 0.3 is 5.97 Å². The van der Waals surface area contributed by atoms with Gasteiger partial charge in [-0.2, -0.15) is 4.31 Å². The Balaban J connectivity index is 1.46. The van der Waals surface area contributed by atoms with Crippen molar-refractivity contribution in [2.24, 2.45) is 0 Å². The molecule has 1 aliphatic heterocycles. The van der Waals surface area contributed by atoms with Crippen LogP contribution in [0.4, 0.5) is 0 Å². The molecule has 8 heteroatoms. The molecule has 7 nitrogen and oxygen atoms in total. The normalized spacial score (nSPS) is 13.7. The Morgan fingerprint density at radius 3 is 2.42 bits per heavy atom. The second-order valence-electron chi connectivity index (χ2n) is 7.62. The number of rotatable bonds is 7. The number of esters is 1. The summed E-state index contributed by atoms with van der Waals surface area (Å²) in [6.07, 6.45) is 0.628. The van der Waals surface area contributed by atoms with Crippen LogP contribution in [0.3, 0.4) is 0 Å². The summed E-state index contributed by atoms with van der Waals surface area (Å²) in [6, 6.07) is 20.0. The maximum Gasteiger partial charge on any atom is 0.338 e. The van der Waals surface area contributed by atoms with Crippen LogP contribution in [-0.4, -0.2) is 44.7 Å². The van der Waals surface area contributed by atoms with Gasteiger partial charge in [0.25, 0.3) is 0 Å². The first-order valence-corrected chi connectivity index (χ1v) is 11.8. The minimum atomic E-state index is -3.80. The number of ether oxygens (including phenoxy) is 2. The minimum absolute atomic E-state index is 0.00968. The lowest BCUT2D eigenvalue weighted by Gasteiger charge is -2.28. The quantitative estimate of drug-likeness (QED) is 0.392. The van der Waals surface area contributed by atoms with Crippen LogP contribution < -0.4 is 4.74 Å².